The number of H-pyrrole nitrogens is 1. The van der Waals surface area contributed by atoms with E-state index in [4.69, 9.17) is 0 Å². The highest BCUT2D eigenvalue weighted by Gasteiger charge is 2.12. The molecule has 158 valence electrons. The summed E-state index contributed by atoms with van der Waals surface area (Å²) in [5, 5.41) is 6.93. The van der Waals surface area contributed by atoms with E-state index in [1.165, 1.54) is 10.1 Å². The van der Waals surface area contributed by atoms with Crippen LogP contribution >= 0.6 is 0 Å². The van der Waals surface area contributed by atoms with Gasteiger partial charge in [-0.25, -0.2) is 4.98 Å². The zero-order valence-corrected chi connectivity index (χ0v) is 17.3. The van der Waals surface area contributed by atoms with Gasteiger partial charge < -0.3 is 15.6 Å². The van der Waals surface area contributed by atoms with Crippen LogP contribution in [0.3, 0.4) is 0 Å². The minimum Gasteiger partial charge on any atom is -0.365 e. The Balaban J connectivity index is 1.37. The summed E-state index contributed by atoms with van der Waals surface area (Å²) in [5.74, 6) is -0.0202. The Kier molecular flexibility index (Phi) is 6.07. The van der Waals surface area contributed by atoms with Gasteiger partial charge in [0.1, 0.15) is 6.54 Å². The smallest absolute Gasteiger partial charge is 0.293 e. The van der Waals surface area contributed by atoms with Crippen molar-refractivity contribution in [1.82, 2.24) is 24.8 Å². The molecule has 0 aliphatic rings. The first kappa shape index (κ1) is 20.3. The van der Waals surface area contributed by atoms with Crippen LogP contribution in [-0.2, 0) is 24.3 Å². The maximum atomic E-state index is 12.8. The summed E-state index contributed by atoms with van der Waals surface area (Å²) >= 11 is 0. The Labute approximate surface area is 179 Å². The van der Waals surface area contributed by atoms with Gasteiger partial charge in [0, 0.05) is 41.7 Å². The molecule has 0 spiro atoms. The van der Waals surface area contributed by atoms with Crippen LogP contribution in [0.5, 0.6) is 0 Å². The molecule has 0 bridgehead atoms. The van der Waals surface area contributed by atoms with Crippen molar-refractivity contribution in [2.45, 2.75) is 26.4 Å². The molecule has 0 saturated carbocycles. The molecule has 31 heavy (non-hydrogen) atoms. The lowest BCUT2D eigenvalue weighted by atomic mass is 10.1. The van der Waals surface area contributed by atoms with Gasteiger partial charge in [-0.2, -0.15) is 0 Å². The van der Waals surface area contributed by atoms with Gasteiger partial charge in [-0.15, -0.1) is 0 Å². The molecule has 8 heteroatoms. The van der Waals surface area contributed by atoms with Crippen molar-refractivity contribution >= 4 is 22.6 Å². The second-order valence-corrected chi connectivity index (χ2v) is 7.32. The fourth-order valence-corrected chi connectivity index (χ4v) is 3.33. The minimum atomic E-state index is -0.311. The average molecular weight is 416 g/mol. The monoisotopic (exact) mass is 416 g/mol. The summed E-state index contributed by atoms with van der Waals surface area (Å²) in [5.41, 5.74) is 3.19. The molecule has 0 atom stereocenters. The standard InChI is InChI=1S/C23H24N6O2/c1-16-12-28-22(25-9-7-17-5-3-2-4-6-17)23(31)29(16)15-21(30)27-14-19-11-20-18(13-26-19)8-10-24-20/h2-6,8,10-13,24H,7,9,14-15H2,1H3,(H,25,28)(H,27,30). The summed E-state index contributed by atoms with van der Waals surface area (Å²) in [4.78, 5) is 36.9. The van der Waals surface area contributed by atoms with E-state index in [1.807, 2.05) is 48.7 Å². The normalized spacial score (nSPS) is 10.9. The fourth-order valence-electron chi connectivity index (χ4n) is 3.33. The number of anilines is 1. The largest absolute Gasteiger partial charge is 0.365 e. The average Bonchev–Trinajstić information content (AvgIpc) is 3.25. The van der Waals surface area contributed by atoms with Crippen molar-refractivity contribution in [3.05, 3.63) is 88.4 Å². The SMILES string of the molecule is Cc1cnc(NCCc2ccccc2)c(=O)n1CC(=O)NCc1cc2[nH]ccc2cn1. The lowest BCUT2D eigenvalue weighted by molar-refractivity contribution is -0.121. The third-order valence-electron chi connectivity index (χ3n) is 5.06. The van der Waals surface area contributed by atoms with Crippen molar-refractivity contribution < 1.29 is 4.79 Å². The summed E-state index contributed by atoms with van der Waals surface area (Å²) in [7, 11) is 0. The minimum absolute atomic E-state index is 0.0781. The molecule has 0 aliphatic carbocycles. The lowest BCUT2D eigenvalue weighted by Crippen LogP contribution is -2.34. The van der Waals surface area contributed by atoms with Gasteiger partial charge in [0.05, 0.1) is 12.2 Å². The molecule has 8 nitrogen and oxygen atoms in total. The number of fused-ring (bicyclic) bond motifs is 1. The number of nitrogens with zero attached hydrogens (tertiary/aromatic N) is 3. The maximum absolute atomic E-state index is 12.8. The van der Waals surface area contributed by atoms with E-state index in [-0.39, 0.29) is 30.4 Å². The van der Waals surface area contributed by atoms with Crippen LogP contribution in [0.25, 0.3) is 10.9 Å². The van der Waals surface area contributed by atoms with Crippen LogP contribution in [0, 0.1) is 6.92 Å². The number of benzene rings is 1. The molecule has 1 amide bonds. The number of carbonyl (C=O) groups excluding carboxylic acids is 1. The highest BCUT2D eigenvalue weighted by molar-refractivity contribution is 5.79. The van der Waals surface area contributed by atoms with E-state index in [1.54, 1.807) is 19.3 Å². The molecule has 0 aliphatic heterocycles. The van der Waals surface area contributed by atoms with Crippen LogP contribution in [0.2, 0.25) is 0 Å². The van der Waals surface area contributed by atoms with Crippen molar-refractivity contribution in [3.8, 4) is 0 Å². The fraction of sp³-hybridized carbons (Fsp3) is 0.217. The number of hydrogen-bond acceptors (Lipinski definition) is 5. The first-order valence-electron chi connectivity index (χ1n) is 10.1. The molecule has 1 aromatic carbocycles. The predicted octanol–water partition coefficient (Wildman–Crippen LogP) is 2.40. The van der Waals surface area contributed by atoms with Gasteiger partial charge in [-0.05, 0) is 31.0 Å². The first-order chi connectivity index (χ1) is 15.1. The van der Waals surface area contributed by atoms with Crippen LogP contribution in [-0.4, -0.2) is 32.0 Å². The number of amides is 1. The number of rotatable bonds is 8. The van der Waals surface area contributed by atoms with Gasteiger partial charge >= 0.3 is 0 Å². The van der Waals surface area contributed by atoms with Crippen molar-refractivity contribution in [2.24, 2.45) is 0 Å². The number of carbonyl (C=O) groups is 1. The van der Waals surface area contributed by atoms with Crippen molar-refractivity contribution in [1.29, 1.82) is 0 Å². The molecule has 4 aromatic rings. The number of nitrogens with one attached hydrogen (secondary N) is 3. The van der Waals surface area contributed by atoms with E-state index in [0.717, 1.165) is 23.0 Å². The number of aromatic nitrogens is 4. The molecule has 0 radical (unpaired) electrons. The Hall–Kier alpha value is -3.94. The summed E-state index contributed by atoms with van der Waals surface area (Å²) in [6.45, 7) is 2.55. The van der Waals surface area contributed by atoms with Crippen LogP contribution in [0.15, 0.2) is 65.8 Å². The third kappa shape index (κ3) is 4.98. The number of aromatic amines is 1. The zero-order valence-electron chi connectivity index (χ0n) is 17.3. The number of aryl methyl sites for hydroxylation is 1. The van der Waals surface area contributed by atoms with E-state index < -0.39 is 0 Å². The molecule has 3 N–H and O–H groups in total. The molecule has 0 fully saturated rings. The van der Waals surface area contributed by atoms with Gasteiger partial charge in [-0.3, -0.25) is 19.1 Å². The quantitative estimate of drug-likeness (QED) is 0.409. The molecular weight excluding hydrogens is 392 g/mol. The van der Waals surface area contributed by atoms with Gasteiger partial charge in [0.15, 0.2) is 5.82 Å². The highest BCUT2D eigenvalue weighted by Crippen LogP contribution is 2.11. The first-order valence-corrected chi connectivity index (χ1v) is 10.1. The Morgan fingerprint density at radius 3 is 2.81 bits per heavy atom. The maximum Gasteiger partial charge on any atom is 0.293 e. The van der Waals surface area contributed by atoms with Gasteiger partial charge in [-0.1, -0.05) is 30.3 Å². The van der Waals surface area contributed by atoms with E-state index in [0.29, 0.717) is 12.2 Å². The molecule has 0 unspecified atom stereocenters. The molecule has 3 aromatic heterocycles. The topological polar surface area (TPSA) is 105 Å². The predicted molar refractivity (Wildman–Crippen MR) is 120 cm³/mol. The van der Waals surface area contributed by atoms with Crippen LogP contribution in [0.4, 0.5) is 5.82 Å². The molecule has 4 rings (SSSR count). The van der Waals surface area contributed by atoms with E-state index in [9.17, 15) is 9.59 Å². The van der Waals surface area contributed by atoms with Gasteiger partial charge in [0.2, 0.25) is 5.91 Å². The Morgan fingerprint density at radius 2 is 1.97 bits per heavy atom. The van der Waals surface area contributed by atoms with E-state index in [2.05, 4.69) is 25.6 Å². The van der Waals surface area contributed by atoms with Crippen LogP contribution in [0.1, 0.15) is 17.0 Å². The lowest BCUT2D eigenvalue weighted by Gasteiger charge is -2.12. The van der Waals surface area contributed by atoms with Crippen molar-refractivity contribution in [3.63, 3.8) is 0 Å². The second kappa shape index (κ2) is 9.25. The molecular formula is C23H24N6O2. The molecule has 3 heterocycles. The number of pyridine rings is 1. The number of hydrogen-bond donors (Lipinski definition) is 3. The Morgan fingerprint density at radius 1 is 1.13 bits per heavy atom. The van der Waals surface area contributed by atoms with Crippen molar-refractivity contribution in [2.75, 3.05) is 11.9 Å². The summed E-state index contributed by atoms with van der Waals surface area (Å²) < 4.78 is 1.43. The third-order valence-corrected chi connectivity index (χ3v) is 5.06. The zero-order chi connectivity index (χ0) is 21.6. The summed E-state index contributed by atoms with van der Waals surface area (Å²) in [6, 6.07) is 13.8. The second-order valence-electron chi connectivity index (χ2n) is 7.32. The molecule has 0 saturated heterocycles. The summed E-state index contributed by atoms with van der Waals surface area (Å²) in [6.07, 6.45) is 5.98. The van der Waals surface area contributed by atoms with Gasteiger partial charge in [0.25, 0.3) is 5.56 Å². The van der Waals surface area contributed by atoms with E-state index >= 15 is 0 Å². The highest BCUT2D eigenvalue weighted by atomic mass is 16.2. The van der Waals surface area contributed by atoms with Crippen LogP contribution < -0.4 is 16.2 Å². The Bertz CT molecular complexity index is 1250.